The van der Waals surface area contributed by atoms with Gasteiger partial charge in [0.25, 0.3) is 0 Å². The molecule has 0 saturated carbocycles. The minimum Gasteiger partial charge on any atom is -0.546 e. The summed E-state index contributed by atoms with van der Waals surface area (Å²) in [6.45, 7) is 16.4. The molecule has 0 aliphatic heterocycles. The van der Waals surface area contributed by atoms with Gasteiger partial charge in [-0.05, 0) is 50.0 Å². The minimum atomic E-state index is -2.00. The Bertz CT molecular complexity index is 735. The number of Topliss-reactive ketones (excluding diaryl/α,β-unsaturated/α-hetero) is 1. The Labute approximate surface area is 172 Å². The van der Waals surface area contributed by atoms with Crippen molar-refractivity contribution in [1.82, 2.24) is 0 Å². The van der Waals surface area contributed by atoms with Crippen LogP contribution in [-0.2, 0) is 20.6 Å². The number of carbonyl (C=O) groups excluding carboxylic acids is 1. The van der Waals surface area contributed by atoms with Crippen molar-refractivity contribution in [3.63, 3.8) is 0 Å². The van der Waals surface area contributed by atoms with Gasteiger partial charge in [0.1, 0.15) is 0 Å². The van der Waals surface area contributed by atoms with Crippen molar-refractivity contribution in [3.05, 3.63) is 58.9 Å². The van der Waals surface area contributed by atoms with E-state index in [2.05, 4.69) is 46.0 Å². The second-order valence-corrected chi connectivity index (χ2v) is 14.2. The van der Waals surface area contributed by atoms with Crippen molar-refractivity contribution in [2.45, 2.75) is 72.2 Å². The molecule has 4 heteroatoms. The Morgan fingerprint density at radius 3 is 2.36 bits per heavy atom. The highest BCUT2D eigenvalue weighted by Gasteiger charge is 2.41. The minimum absolute atomic E-state index is 0.102. The fourth-order valence-corrected chi connectivity index (χ4v) is 4.09. The summed E-state index contributed by atoms with van der Waals surface area (Å²) in [5, 5.41) is 0.102. The number of hydrogen-bond acceptors (Lipinski definition) is 3. The van der Waals surface area contributed by atoms with E-state index in [-0.39, 0.29) is 16.7 Å². The molecule has 1 aliphatic carbocycles. The molecule has 0 aromatic heterocycles. The number of allylic oxidation sites excluding steroid dienone is 3. The molecule has 1 aliphatic rings. The molecule has 28 heavy (non-hydrogen) atoms. The van der Waals surface area contributed by atoms with Gasteiger partial charge in [-0.15, -0.1) is 0 Å². The molecule has 0 spiro atoms. The molecule has 0 heterocycles. The molecule has 1 aromatic carbocycles. The second kappa shape index (κ2) is 9.23. The Morgan fingerprint density at radius 2 is 1.79 bits per heavy atom. The lowest BCUT2D eigenvalue weighted by Crippen LogP contribution is -2.41. The maximum atomic E-state index is 12.6. The van der Waals surface area contributed by atoms with Gasteiger partial charge in [-0.3, -0.25) is 4.79 Å². The average Bonchev–Trinajstić information content (AvgIpc) is 2.75. The molecule has 0 fully saturated rings. The maximum absolute atomic E-state index is 12.6. The summed E-state index contributed by atoms with van der Waals surface area (Å²) in [7, 11) is -2.00. The third-order valence-electron chi connectivity index (χ3n) is 5.86. The molecule has 0 bridgehead atoms. The van der Waals surface area contributed by atoms with Crippen molar-refractivity contribution >= 4 is 14.1 Å². The summed E-state index contributed by atoms with van der Waals surface area (Å²) in [5.41, 5.74) is 3.01. The van der Waals surface area contributed by atoms with Gasteiger partial charge >= 0.3 is 0 Å². The van der Waals surface area contributed by atoms with E-state index in [1.165, 1.54) is 0 Å². The SMILES string of the molecule is CC(C)=C1C=C(O[Si](C)(C)C(C)(C)C)C(COCc2ccccc2)CCC1=O. The van der Waals surface area contributed by atoms with Crippen molar-refractivity contribution in [2.24, 2.45) is 5.92 Å². The molecular formula is C24H36O3Si. The molecular weight excluding hydrogens is 364 g/mol. The van der Waals surface area contributed by atoms with Crippen LogP contribution in [0.15, 0.2) is 53.3 Å². The zero-order valence-corrected chi connectivity index (χ0v) is 19.6. The molecule has 0 radical (unpaired) electrons. The number of rotatable bonds is 6. The van der Waals surface area contributed by atoms with E-state index in [9.17, 15) is 4.79 Å². The van der Waals surface area contributed by atoms with E-state index in [4.69, 9.17) is 9.16 Å². The fourth-order valence-electron chi connectivity index (χ4n) is 2.97. The van der Waals surface area contributed by atoms with E-state index in [0.717, 1.165) is 28.9 Å². The zero-order valence-electron chi connectivity index (χ0n) is 18.6. The Morgan fingerprint density at radius 1 is 1.14 bits per heavy atom. The standard InChI is InChI=1S/C24H36O3Si/c1-18(2)21-15-23(27-28(6,7)24(3,4)5)20(13-14-22(21)25)17-26-16-19-11-9-8-10-12-19/h8-12,15,20H,13-14,16-17H2,1-7H3. The van der Waals surface area contributed by atoms with Crippen LogP contribution in [0.25, 0.3) is 0 Å². The van der Waals surface area contributed by atoms with Crippen LogP contribution in [0.1, 0.15) is 53.0 Å². The fraction of sp³-hybridized carbons (Fsp3) is 0.542. The van der Waals surface area contributed by atoms with Gasteiger partial charge < -0.3 is 9.16 Å². The highest BCUT2D eigenvalue weighted by Crippen LogP contribution is 2.40. The van der Waals surface area contributed by atoms with Crippen LogP contribution >= 0.6 is 0 Å². The van der Waals surface area contributed by atoms with Crippen LogP contribution in [0.2, 0.25) is 18.1 Å². The van der Waals surface area contributed by atoms with Crippen LogP contribution in [0.5, 0.6) is 0 Å². The van der Waals surface area contributed by atoms with Gasteiger partial charge in [0.05, 0.1) is 19.0 Å². The molecule has 1 unspecified atom stereocenters. The highest BCUT2D eigenvalue weighted by atomic mass is 28.4. The molecule has 1 atom stereocenters. The molecule has 1 aromatic rings. The maximum Gasteiger partial charge on any atom is 0.250 e. The first kappa shape index (κ1) is 22.6. The van der Waals surface area contributed by atoms with Gasteiger partial charge in [0.2, 0.25) is 8.32 Å². The smallest absolute Gasteiger partial charge is 0.250 e. The van der Waals surface area contributed by atoms with Gasteiger partial charge in [-0.2, -0.15) is 0 Å². The van der Waals surface area contributed by atoms with Gasteiger partial charge in [0.15, 0.2) is 5.78 Å². The average molecular weight is 401 g/mol. The highest BCUT2D eigenvalue weighted by molar-refractivity contribution is 6.74. The lowest BCUT2D eigenvalue weighted by molar-refractivity contribution is -0.115. The summed E-state index contributed by atoms with van der Waals surface area (Å²) >= 11 is 0. The topological polar surface area (TPSA) is 35.5 Å². The van der Waals surface area contributed by atoms with Crippen LogP contribution < -0.4 is 0 Å². The van der Waals surface area contributed by atoms with E-state index < -0.39 is 8.32 Å². The van der Waals surface area contributed by atoms with Crippen LogP contribution in [0.4, 0.5) is 0 Å². The Balaban J connectivity index is 2.23. The quantitative estimate of drug-likeness (QED) is 0.408. The number of benzene rings is 1. The van der Waals surface area contributed by atoms with Crippen LogP contribution in [0.3, 0.4) is 0 Å². The normalized spacial score (nSPS) is 18.5. The first-order valence-electron chi connectivity index (χ1n) is 10.2. The van der Waals surface area contributed by atoms with Crippen LogP contribution in [0, 0.1) is 5.92 Å². The summed E-state index contributed by atoms with van der Waals surface area (Å²) in [6, 6.07) is 10.2. The first-order valence-corrected chi connectivity index (χ1v) is 13.1. The van der Waals surface area contributed by atoms with Gasteiger partial charge in [0, 0.05) is 17.9 Å². The largest absolute Gasteiger partial charge is 0.546 e. The monoisotopic (exact) mass is 400 g/mol. The lowest BCUT2D eigenvalue weighted by atomic mass is 10.0. The molecule has 0 saturated heterocycles. The first-order chi connectivity index (χ1) is 13.0. The van der Waals surface area contributed by atoms with Gasteiger partial charge in [-0.25, -0.2) is 0 Å². The second-order valence-electron chi connectivity index (χ2n) is 9.48. The Kier molecular flexibility index (Phi) is 7.46. The molecule has 0 N–H and O–H groups in total. The van der Waals surface area contributed by atoms with E-state index >= 15 is 0 Å². The molecule has 0 amide bonds. The molecule has 3 nitrogen and oxygen atoms in total. The van der Waals surface area contributed by atoms with Crippen molar-refractivity contribution in [2.75, 3.05) is 6.61 Å². The number of hydrogen-bond donors (Lipinski definition) is 0. The van der Waals surface area contributed by atoms with Crippen molar-refractivity contribution < 1.29 is 14.0 Å². The van der Waals surface area contributed by atoms with Crippen molar-refractivity contribution in [3.8, 4) is 0 Å². The van der Waals surface area contributed by atoms with Crippen molar-refractivity contribution in [1.29, 1.82) is 0 Å². The zero-order chi connectivity index (χ0) is 20.9. The summed E-state index contributed by atoms with van der Waals surface area (Å²) < 4.78 is 12.7. The van der Waals surface area contributed by atoms with Gasteiger partial charge in [-0.1, -0.05) is 56.7 Å². The van der Waals surface area contributed by atoms with Crippen LogP contribution in [-0.4, -0.2) is 20.7 Å². The lowest BCUT2D eigenvalue weighted by Gasteiger charge is -2.38. The predicted octanol–water partition coefficient (Wildman–Crippen LogP) is 6.42. The molecule has 2 rings (SSSR count). The third kappa shape index (κ3) is 5.92. The number of carbonyl (C=O) groups is 1. The molecule has 154 valence electrons. The summed E-state index contributed by atoms with van der Waals surface area (Å²) in [6.07, 6.45) is 3.31. The number of ether oxygens (including phenoxy) is 1. The summed E-state index contributed by atoms with van der Waals surface area (Å²) in [4.78, 5) is 12.6. The van der Waals surface area contributed by atoms with E-state index in [1.807, 2.05) is 38.1 Å². The Hall–Kier alpha value is -1.65. The summed E-state index contributed by atoms with van der Waals surface area (Å²) in [5.74, 6) is 1.25. The van der Waals surface area contributed by atoms with E-state index in [1.54, 1.807) is 0 Å². The number of ketones is 1. The third-order valence-corrected chi connectivity index (χ3v) is 10.2. The van der Waals surface area contributed by atoms with E-state index in [0.29, 0.717) is 19.6 Å². The predicted molar refractivity (Wildman–Crippen MR) is 119 cm³/mol.